The van der Waals surface area contributed by atoms with Crippen LogP contribution in [0.3, 0.4) is 0 Å². The van der Waals surface area contributed by atoms with Gasteiger partial charge in [-0.2, -0.15) is 0 Å². The molecule has 1 heterocycles. The number of hydrogen-bond donors (Lipinski definition) is 1. The van der Waals surface area contributed by atoms with Crippen molar-refractivity contribution in [3.8, 4) is 11.5 Å². The molecule has 0 saturated heterocycles. The Kier molecular flexibility index (Phi) is 6.01. The van der Waals surface area contributed by atoms with E-state index in [0.717, 1.165) is 12.0 Å². The van der Waals surface area contributed by atoms with E-state index in [0.29, 0.717) is 22.9 Å². The molecule has 0 bridgehead atoms. The van der Waals surface area contributed by atoms with Crippen molar-refractivity contribution in [2.24, 2.45) is 11.8 Å². The first-order valence-corrected chi connectivity index (χ1v) is 10.2. The van der Waals surface area contributed by atoms with Gasteiger partial charge in [0.1, 0.15) is 0 Å². The predicted octanol–water partition coefficient (Wildman–Crippen LogP) is 4.47. The Bertz CT molecular complexity index is 744. The second-order valence-electron chi connectivity index (χ2n) is 7.38. The first-order valence-electron chi connectivity index (χ1n) is 9.31. The van der Waals surface area contributed by atoms with E-state index in [9.17, 15) is 4.79 Å². The Morgan fingerprint density at radius 1 is 1.23 bits per heavy atom. The summed E-state index contributed by atoms with van der Waals surface area (Å²) in [5.41, 5.74) is 2.07. The third-order valence-electron chi connectivity index (χ3n) is 5.39. The van der Waals surface area contributed by atoms with Gasteiger partial charge in [0.05, 0.1) is 5.25 Å². The topological polar surface area (TPSA) is 68.0 Å². The summed E-state index contributed by atoms with van der Waals surface area (Å²) >= 11 is 1.31. The Morgan fingerprint density at radius 2 is 1.96 bits per heavy atom. The molecule has 0 radical (unpaired) electrons. The van der Waals surface area contributed by atoms with Crippen LogP contribution in [-0.2, 0) is 4.79 Å². The van der Waals surface area contributed by atoms with Gasteiger partial charge in [0.15, 0.2) is 0 Å². The summed E-state index contributed by atoms with van der Waals surface area (Å²) in [6.07, 6.45) is 3.50. The zero-order valence-corrected chi connectivity index (χ0v) is 16.7. The molecule has 1 aromatic heterocycles. The number of benzene rings is 1. The lowest BCUT2D eigenvalue weighted by atomic mass is 9.78. The van der Waals surface area contributed by atoms with Crippen LogP contribution in [0.15, 0.2) is 33.9 Å². The molecule has 0 unspecified atom stereocenters. The fourth-order valence-electron chi connectivity index (χ4n) is 3.36. The van der Waals surface area contributed by atoms with Crippen LogP contribution in [0, 0.1) is 18.8 Å². The second-order valence-corrected chi connectivity index (χ2v) is 8.67. The van der Waals surface area contributed by atoms with E-state index in [1.165, 1.54) is 30.2 Å². The first-order chi connectivity index (χ1) is 12.4. The van der Waals surface area contributed by atoms with E-state index >= 15 is 0 Å². The number of amides is 1. The van der Waals surface area contributed by atoms with Gasteiger partial charge >= 0.3 is 0 Å². The highest BCUT2D eigenvalue weighted by molar-refractivity contribution is 8.00. The third kappa shape index (κ3) is 4.47. The van der Waals surface area contributed by atoms with E-state index in [1.54, 1.807) is 0 Å². The predicted molar refractivity (Wildman–Crippen MR) is 104 cm³/mol. The molecule has 0 aliphatic heterocycles. The van der Waals surface area contributed by atoms with Crippen LogP contribution in [0.4, 0.5) is 0 Å². The maximum Gasteiger partial charge on any atom is 0.277 e. The smallest absolute Gasteiger partial charge is 0.277 e. The molecule has 1 aromatic carbocycles. The molecular formula is C20H27N3O2S. The summed E-state index contributed by atoms with van der Waals surface area (Å²) in [6.45, 7) is 8.42. The third-order valence-corrected chi connectivity index (χ3v) is 6.32. The molecule has 140 valence electrons. The average Bonchev–Trinajstić information content (AvgIpc) is 3.08. The van der Waals surface area contributed by atoms with Gasteiger partial charge < -0.3 is 9.73 Å². The van der Waals surface area contributed by atoms with Gasteiger partial charge in [0, 0.05) is 11.6 Å². The van der Waals surface area contributed by atoms with Gasteiger partial charge in [0.25, 0.3) is 5.22 Å². The maximum absolute atomic E-state index is 12.6. The number of rotatable bonds is 5. The molecule has 1 amide bonds. The van der Waals surface area contributed by atoms with Crippen molar-refractivity contribution in [3.63, 3.8) is 0 Å². The lowest BCUT2D eigenvalue weighted by molar-refractivity contribution is -0.121. The summed E-state index contributed by atoms with van der Waals surface area (Å²) in [5.74, 6) is 1.69. The van der Waals surface area contributed by atoms with Crippen molar-refractivity contribution in [1.82, 2.24) is 15.5 Å². The van der Waals surface area contributed by atoms with Crippen molar-refractivity contribution in [3.05, 3.63) is 29.8 Å². The van der Waals surface area contributed by atoms with Gasteiger partial charge in [0.2, 0.25) is 11.8 Å². The van der Waals surface area contributed by atoms with Gasteiger partial charge in [-0.25, -0.2) is 0 Å². The van der Waals surface area contributed by atoms with Gasteiger partial charge in [-0.3, -0.25) is 4.79 Å². The number of hydrogen-bond acceptors (Lipinski definition) is 5. The number of aromatic nitrogens is 2. The van der Waals surface area contributed by atoms with Crippen LogP contribution in [0.25, 0.3) is 11.5 Å². The van der Waals surface area contributed by atoms with Crippen molar-refractivity contribution in [2.75, 3.05) is 0 Å². The van der Waals surface area contributed by atoms with Crippen molar-refractivity contribution in [1.29, 1.82) is 0 Å². The minimum atomic E-state index is -0.272. The lowest BCUT2D eigenvalue weighted by Gasteiger charge is -2.35. The highest BCUT2D eigenvalue weighted by Crippen LogP contribution is 2.30. The van der Waals surface area contributed by atoms with Crippen molar-refractivity contribution in [2.45, 2.75) is 63.5 Å². The largest absolute Gasteiger partial charge is 0.411 e. The van der Waals surface area contributed by atoms with Gasteiger partial charge in [-0.05, 0) is 44.2 Å². The Hall–Kier alpha value is -1.82. The zero-order valence-electron chi connectivity index (χ0n) is 15.9. The number of carbonyl (C=O) groups excluding carboxylic acids is 1. The lowest BCUT2D eigenvalue weighted by Crippen LogP contribution is -2.46. The Morgan fingerprint density at radius 3 is 2.69 bits per heavy atom. The zero-order chi connectivity index (χ0) is 18.7. The molecule has 6 heteroatoms. The maximum atomic E-state index is 12.6. The summed E-state index contributed by atoms with van der Waals surface area (Å²) in [6, 6.07) is 8.20. The second kappa shape index (κ2) is 8.25. The minimum absolute atomic E-state index is 0.0380. The number of thioether (sulfide) groups is 1. The summed E-state index contributed by atoms with van der Waals surface area (Å²) in [7, 11) is 0. The minimum Gasteiger partial charge on any atom is -0.411 e. The molecule has 0 spiro atoms. The molecule has 1 aliphatic carbocycles. The molecule has 26 heavy (non-hydrogen) atoms. The normalized spacial score (nSPS) is 24.2. The quantitative estimate of drug-likeness (QED) is 0.783. The molecule has 2 aromatic rings. The number of aryl methyl sites for hydroxylation is 1. The van der Waals surface area contributed by atoms with Crippen LogP contribution >= 0.6 is 11.8 Å². The van der Waals surface area contributed by atoms with E-state index in [-0.39, 0.29) is 17.2 Å². The average molecular weight is 374 g/mol. The first kappa shape index (κ1) is 19.0. The van der Waals surface area contributed by atoms with E-state index in [4.69, 9.17) is 4.42 Å². The van der Waals surface area contributed by atoms with Crippen LogP contribution in [0.1, 0.15) is 45.6 Å². The molecule has 1 fully saturated rings. The standard InChI is InChI=1S/C20H27N3O2S/c1-12-8-10-16(11-9-12)19-22-23-20(25-19)26-15(4)18(24)21-17-7-5-6-13(2)14(17)3/h8-11,13-15,17H,5-7H2,1-4H3,(H,21,24)/t13-,14-,15-,17+/m0/s1. The summed E-state index contributed by atoms with van der Waals surface area (Å²) < 4.78 is 5.72. The molecule has 3 rings (SSSR count). The molecule has 1 saturated carbocycles. The Balaban J connectivity index is 1.58. The van der Waals surface area contributed by atoms with Crippen LogP contribution in [0.5, 0.6) is 0 Å². The molecule has 5 nitrogen and oxygen atoms in total. The van der Waals surface area contributed by atoms with E-state index in [1.807, 2.05) is 38.1 Å². The molecule has 4 atom stereocenters. The highest BCUT2D eigenvalue weighted by atomic mass is 32.2. The van der Waals surface area contributed by atoms with E-state index in [2.05, 4.69) is 29.4 Å². The molecule has 1 aliphatic rings. The number of nitrogens with zero attached hydrogens (tertiary/aromatic N) is 2. The Labute approximate surface area is 159 Å². The van der Waals surface area contributed by atoms with Gasteiger partial charge in [-0.1, -0.05) is 56.1 Å². The van der Waals surface area contributed by atoms with Crippen molar-refractivity contribution >= 4 is 17.7 Å². The summed E-state index contributed by atoms with van der Waals surface area (Å²) in [4.78, 5) is 12.6. The van der Waals surface area contributed by atoms with Crippen LogP contribution in [-0.4, -0.2) is 27.4 Å². The number of nitrogens with one attached hydrogen (secondary N) is 1. The molecule has 1 N–H and O–H groups in total. The van der Waals surface area contributed by atoms with Crippen LogP contribution < -0.4 is 5.32 Å². The SMILES string of the molecule is Cc1ccc(-c2nnc(S[C@@H](C)C(=O)N[C@@H]3CCC[C@H](C)[C@@H]3C)o2)cc1. The van der Waals surface area contributed by atoms with E-state index < -0.39 is 0 Å². The monoisotopic (exact) mass is 373 g/mol. The van der Waals surface area contributed by atoms with Crippen molar-refractivity contribution < 1.29 is 9.21 Å². The number of carbonyl (C=O) groups is 1. The van der Waals surface area contributed by atoms with Gasteiger partial charge in [-0.15, -0.1) is 10.2 Å². The highest BCUT2D eigenvalue weighted by Gasteiger charge is 2.29. The summed E-state index contributed by atoms with van der Waals surface area (Å²) in [5, 5.41) is 11.5. The molecular weight excluding hydrogens is 346 g/mol. The fraction of sp³-hybridized carbons (Fsp3) is 0.550. The fourth-order valence-corrected chi connectivity index (χ4v) is 4.05. The van der Waals surface area contributed by atoms with Crippen LogP contribution in [0.2, 0.25) is 0 Å².